The first-order chi connectivity index (χ1) is 10.3. The minimum atomic E-state index is -0.128. The summed E-state index contributed by atoms with van der Waals surface area (Å²) in [5.41, 5.74) is 8.25. The zero-order valence-electron chi connectivity index (χ0n) is 12.1. The van der Waals surface area contributed by atoms with Crippen LogP contribution in [0.2, 0.25) is 0 Å². The van der Waals surface area contributed by atoms with Crippen LogP contribution in [0.3, 0.4) is 0 Å². The summed E-state index contributed by atoms with van der Waals surface area (Å²) in [5.74, 6) is 0.879. The van der Waals surface area contributed by atoms with Gasteiger partial charge in [0, 0.05) is 11.9 Å². The Labute approximate surface area is 125 Å². The second kappa shape index (κ2) is 5.98. The lowest BCUT2D eigenvalue weighted by molar-refractivity contribution is 0.217. The molecule has 0 bridgehead atoms. The molecule has 106 valence electrons. The summed E-state index contributed by atoms with van der Waals surface area (Å²) in [6, 6.07) is 22.7. The lowest BCUT2D eigenvalue weighted by Gasteiger charge is -2.19. The first-order valence-electron chi connectivity index (χ1n) is 7.19. The molecule has 1 unspecified atom stereocenters. The first-order valence-corrected chi connectivity index (χ1v) is 7.19. The molecule has 0 amide bonds. The lowest BCUT2D eigenvalue weighted by atomic mass is 10.1. The summed E-state index contributed by atoms with van der Waals surface area (Å²) >= 11 is 0. The van der Waals surface area contributed by atoms with Crippen molar-refractivity contribution in [3.05, 3.63) is 77.9 Å². The van der Waals surface area contributed by atoms with Crippen LogP contribution in [0.1, 0.15) is 17.2 Å². The Bertz CT molecular complexity index is 729. The van der Waals surface area contributed by atoms with E-state index in [1.807, 2.05) is 24.3 Å². The normalized spacial score (nSPS) is 12.3. The summed E-state index contributed by atoms with van der Waals surface area (Å²) in [6.07, 6.45) is -0.128. The van der Waals surface area contributed by atoms with Gasteiger partial charge in [-0.05, 0) is 23.9 Å². The van der Waals surface area contributed by atoms with E-state index >= 15 is 0 Å². The van der Waals surface area contributed by atoms with E-state index in [0.717, 1.165) is 16.7 Å². The van der Waals surface area contributed by atoms with Gasteiger partial charge in [0.1, 0.15) is 11.9 Å². The summed E-state index contributed by atoms with van der Waals surface area (Å²) < 4.78 is 6.18. The molecule has 21 heavy (non-hydrogen) atoms. The molecule has 0 aromatic heterocycles. The highest BCUT2D eigenvalue weighted by Crippen LogP contribution is 2.29. The van der Waals surface area contributed by atoms with Crippen molar-refractivity contribution in [1.82, 2.24) is 0 Å². The van der Waals surface area contributed by atoms with Crippen molar-refractivity contribution in [1.29, 1.82) is 0 Å². The zero-order chi connectivity index (χ0) is 14.7. The maximum Gasteiger partial charge on any atom is 0.136 e. The topological polar surface area (TPSA) is 35.2 Å². The molecular formula is C19H19NO. The maximum absolute atomic E-state index is 6.18. The van der Waals surface area contributed by atoms with Gasteiger partial charge in [-0.1, -0.05) is 66.2 Å². The summed E-state index contributed by atoms with van der Waals surface area (Å²) in [6.45, 7) is 2.53. The fourth-order valence-electron chi connectivity index (χ4n) is 2.49. The number of aryl methyl sites for hydroxylation is 1. The number of nitrogens with two attached hydrogens (primary N) is 1. The fourth-order valence-corrected chi connectivity index (χ4v) is 2.49. The Balaban J connectivity index is 1.94. The Morgan fingerprint density at radius 1 is 0.905 bits per heavy atom. The molecule has 2 heteroatoms. The van der Waals surface area contributed by atoms with Gasteiger partial charge in [-0.3, -0.25) is 0 Å². The summed E-state index contributed by atoms with van der Waals surface area (Å²) in [5, 5.41) is 2.29. The van der Waals surface area contributed by atoms with E-state index in [2.05, 4.69) is 49.4 Å². The van der Waals surface area contributed by atoms with Gasteiger partial charge in [-0.15, -0.1) is 0 Å². The van der Waals surface area contributed by atoms with Gasteiger partial charge in [-0.2, -0.15) is 0 Å². The minimum absolute atomic E-state index is 0.128. The molecule has 0 heterocycles. The number of hydrogen-bond donors (Lipinski definition) is 1. The molecule has 0 aliphatic rings. The van der Waals surface area contributed by atoms with Crippen LogP contribution in [0.5, 0.6) is 5.75 Å². The highest BCUT2D eigenvalue weighted by molar-refractivity contribution is 5.88. The van der Waals surface area contributed by atoms with E-state index in [1.54, 1.807) is 0 Å². The Hall–Kier alpha value is -2.32. The second-order valence-corrected chi connectivity index (χ2v) is 5.23. The van der Waals surface area contributed by atoms with Gasteiger partial charge in [0.05, 0.1) is 0 Å². The molecule has 3 aromatic rings. The highest BCUT2D eigenvalue weighted by atomic mass is 16.5. The van der Waals surface area contributed by atoms with Gasteiger partial charge in [0.2, 0.25) is 0 Å². The highest BCUT2D eigenvalue weighted by Gasteiger charge is 2.12. The van der Waals surface area contributed by atoms with Crippen LogP contribution in [0.4, 0.5) is 0 Å². The van der Waals surface area contributed by atoms with E-state index in [4.69, 9.17) is 10.5 Å². The molecule has 2 nitrogen and oxygen atoms in total. The molecule has 0 radical (unpaired) electrons. The van der Waals surface area contributed by atoms with Crippen LogP contribution in [-0.4, -0.2) is 6.54 Å². The largest absolute Gasteiger partial charge is 0.484 e. The van der Waals surface area contributed by atoms with Crippen molar-refractivity contribution in [2.45, 2.75) is 13.0 Å². The minimum Gasteiger partial charge on any atom is -0.484 e. The molecule has 1 atom stereocenters. The van der Waals surface area contributed by atoms with E-state index in [1.165, 1.54) is 10.9 Å². The average molecular weight is 277 g/mol. The van der Waals surface area contributed by atoms with Crippen LogP contribution in [0.25, 0.3) is 10.8 Å². The SMILES string of the molecule is Cc1ccc(C(CN)Oc2cccc3ccccc23)cc1. The molecule has 0 aliphatic carbocycles. The van der Waals surface area contributed by atoms with Crippen molar-refractivity contribution < 1.29 is 4.74 Å². The summed E-state index contributed by atoms with van der Waals surface area (Å²) in [4.78, 5) is 0. The van der Waals surface area contributed by atoms with Crippen LogP contribution >= 0.6 is 0 Å². The van der Waals surface area contributed by atoms with Gasteiger partial charge in [-0.25, -0.2) is 0 Å². The molecule has 2 N–H and O–H groups in total. The average Bonchev–Trinajstić information content (AvgIpc) is 2.54. The number of rotatable bonds is 4. The van der Waals surface area contributed by atoms with Gasteiger partial charge in [0.15, 0.2) is 0 Å². The van der Waals surface area contributed by atoms with Gasteiger partial charge in [0.25, 0.3) is 0 Å². The number of benzene rings is 3. The van der Waals surface area contributed by atoms with Crippen molar-refractivity contribution in [2.75, 3.05) is 6.54 Å². The first kappa shape index (κ1) is 13.7. The van der Waals surface area contributed by atoms with Gasteiger partial charge >= 0.3 is 0 Å². The Kier molecular flexibility index (Phi) is 3.89. The standard InChI is InChI=1S/C19H19NO/c1-14-9-11-16(12-10-14)19(13-20)21-18-8-4-6-15-5-2-3-7-17(15)18/h2-12,19H,13,20H2,1H3. The van der Waals surface area contributed by atoms with E-state index in [9.17, 15) is 0 Å². The van der Waals surface area contributed by atoms with Crippen LogP contribution in [0.15, 0.2) is 66.7 Å². The molecule has 3 aromatic carbocycles. The molecule has 0 fully saturated rings. The lowest BCUT2D eigenvalue weighted by Crippen LogP contribution is -2.18. The van der Waals surface area contributed by atoms with Crippen LogP contribution in [0, 0.1) is 6.92 Å². The van der Waals surface area contributed by atoms with Crippen LogP contribution in [-0.2, 0) is 0 Å². The predicted molar refractivity (Wildman–Crippen MR) is 87.6 cm³/mol. The Morgan fingerprint density at radius 2 is 1.62 bits per heavy atom. The van der Waals surface area contributed by atoms with Crippen molar-refractivity contribution in [3.63, 3.8) is 0 Å². The summed E-state index contributed by atoms with van der Waals surface area (Å²) in [7, 11) is 0. The number of fused-ring (bicyclic) bond motifs is 1. The quantitative estimate of drug-likeness (QED) is 0.774. The van der Waals surface area contributed by atoms with E-state index in [0.29, 0.717) is 6.54 Å². The van der Waals surface area contributed by atoms with Gasteiger partial charge < -0.3 is 10.5 Å². The molecule has 0 saturated carbocycles. The zero-order valence-corrected chi connectivity index (χ0v) is 12.1. The molecular weight excluding hydrogens is 258 g/mol. The third-order valence-electron chi connectivity index (χ3n) is 3.68. The third kappa shape index (κ3) is 2.91. The van der Waals surface area contributed by atoms with Crippen LogP contribution < -0.4 is 10.5 Å². The molecule has 0 aliphatic heterocycles. The Morgan fingerprint density at radius 3 is 2.38 bits per heavy atom. The van der Waals surface area contributed by atoms with Crippen molar-refractivity contribution in [2.24, 2.45) is 5.73 Å². The van der Waals surface area contributed by atoms with E-state index < -0.39 is 0 Å². The molecule has 0 spiro atoms. The number of hydrogen-bond acceptors (Lipinski definition) is 2. The number of ether oxygens (including phenoxy) is 1. The monoisotopic (exact) mass is 277 g/mol. The molecule has 0 saturated heterocycles. The third-order valence-corrected chi connectivity index (χ3v) is 3.68. The van der Waals surface area contributed by atoms with Crippen molar-refractivity contribution >= 4 is 10.8 Å². The van der Waals surface area contributed by atoms with Crippen molar-refractivity contribution in [3.8, 4) is 5.75 Å². The fraction of sp³-hybridized carbons (Fsp3) is 0.158. The smallest absolute Gasteiger partial charge is 0.136 e. The predicted octanol–water partition coefficient (Wildman–Crippen LogP) is 4.23. The molecule has 3 rings (SSSR count). The maximum atomic E-state index is 6.18. The van der Waals surface area contributed by atoms with E-state index in [-0.39, 0.29) is 6.10 Å². The second-order valence-electron chi connectivity index (χ2n) is 5.23.